The molecule has 1 heterocycles. The lowest BCUT2D eigenvalue weighted by atomic mass is 10.0. The Labute approximate surface area is 224 Å². The SMILES string of the molecule is CCCC1C(=O)OC(=O)C1[Si]c1ccc(Oc2ccccc2)c(Oc2ccccc2)c1Oc1ccccc1. The quantitative estimate of drug-likeness (QED) is 0.131. The Hall–Kier alpha value is -4.36. The molecule has 5 rings (SSSR count). The highest BCUT2D eigenvalue weighted by Crippen LogP contribution is 2.44. The summed E-state index contributed by atoms with van der Waals surface area (Å²) in [5.41, 5.74) is -0.578. The second-order valence-corrected chi connectivity index (χ2v) is 10.2. The van der Waals surface area contributed by atoms with Gasteiger partial charge in [0, 0.05) is 0 Å². The van der Waals surface area contributed by atoms with Gasteiger partial charge in [-0.1, -0.05) is 74.0 Å². The van der Waals surface area contributed by atoms with Crippen molar-refractivity contribution in [1.29, 1.82) is 0 Å². The van der Waals surface area contributed by atoms with Gasteiger partial charge in [-0.2, -0.15) is 0 Å². The molecule has 190 valence electrons. The number of carbonyl (C=O) groups excluding carboxylic acids is 2. The van der Waals surface area contributed by atoms with Gasteiger partial charge in [0.2, 0.25) is 5.75 Å². The third-order valence-corrected chi connectivity index (χ3v) is 7.70. The van der Waals surface area contributed by atoms with E-state index in [9.17, 15) is 9.59 Å². The largest absolute Gasteiger partial charge is 0.453 e. The first-order chi connectivity index (χ1) is 18.6. The zero-order valence-corrected chi connectivity index (χ0v) is 21.8. The van der Waals surface area contributed by atoms with Crippen molar-refractivity contribution in [2.24, 2.45) is 5.92 Å². The van der Waals surface area contributed by atoms with Gasteiger partial charge in [0.1, 0.15) is 26.8 Å². The van der Waals surface area contributed by atoms with E-state index in [1.807, 2.05) is 110 Å². The predicted octanol–water partition coefficient (Wildman–Crippen LogP) is 6.68. The van der Waals surface area contributed by atoms with Gasteiger partial charge in [0.05, 0.1) is 11.5 Å². The lowest BCUT2D eigenvalue weighted by Crippen LogP contribution is -2.28. The van der Waals surface area contributed by atoms with E-state index in [2.05, 4.69) is 0 Å². The molecule has 7 heteroatoms. The van der Waals surface area contributed by atoms with E-state index in [1.165, 1.54) is 0 Å². The monoisotopic (exact) mass is 522 g/mol. The van der Waals surface area contributed by atoms with E-state index < -0.39 is 23.4 Å². The van der Waals surface area contributed by atoms with Gasteiger partial charge in [-0.15, -0.1) is 0 Å². The smallest absolute Gasteiger partial charge is 0.317 e. The van der Waals surface area contributed by atoms with Crippen LogP contribution in [-0.4, -0.2) is 21.5 Å². The Morgan fingerprint density at radius 3 is 1.74 bits per heavy atom. The fourth-order valence-electron chi connectivity index (χ4n) is 4.23. The normalized spacial score (nSPS) is 16.7. The van der Waals surface area contributed by atoms with Crippen molar-refractivity contribution in [3.63, 3.8) is 0 Å². The Morgan fingerprint density at radius 2 is 1.18 bits per heavy atom. The van der Waals surface area contributed by atoms with Crippen LogP contribution in [0.4, 0.5) is 0 Å². The summed E-state index contributed by atoms with van der Waals surface area (Å²) < 4.78 is 24.1. The van der Waals surface area contributed by atoms with Crippen LogP contribution in [0.5, 0.6) is 34.5 Å². The summed E-state index contributed by atoms with van der Waals surface area (Å²) in [5, 5.41) is 0.734. The highest BCUT2D eigenvalue weighted by atomic mass is 28.2. The van der Waals surface area contributed by atoms with Crippen LogP contribution >= 0.6 is 0 Å². The molecule has 1 fully saturated rings. The number of benzene rings is 4. The predicted molar refractivity (Wildman–Crippen MR) is 145 cm³/mol. The van der Waals surface area contributed by atoms with Crippen LogP contribution in [0.25, 0.3) is 0 Å². The molecule has 0 saturated carbocycles. The van der Waals surface area contributed by atoms with Crippen LogP contribution in [0.2, 0.25) is 5.54 Å². The standard InChI is InChI=1S/C31H26O6Si/c1-2-12-24-29(31(33)37-30(24)32)38-26-20-19-25(34-21-13-6-3-7-14-21)27(35-22-15-8-4-9-16-22)28(26)36-23-17-10-5-11-18-23/h3-11,13-20,24,29H,2,12H2,1H3. The van der Waals surface area contributed by atoms with Crippen molar-refractivity contribution in [3.05, 3.63) is 103 Å². The average Bonchev–Trinajstić information content (AvgIpc) is 3.20. The molecular formula is C31H26O6Si. The summed E-state index contributed by atoms with van der Waals surface area (Å²) in [6.45, 7) is 1.99. The first kappa shape index (κ1) is 25.3. The molecule has 4 aromatic rings. The van der Waals surface area contributed by atoms with E-state index in [-0.39, 0.29) is 9.52 Å². The Bertz CT molecular complexity index is 1390. The van der Waals surface area contributed by atoms with Gasteiger partial charge < -0.3 is 18.9 Å². The minimum absolute atomic E-state index is 0.0695. The van der Waals surface area contributed by atoms with Gasteiger partial charge >= 0.3 is 11.9 Å². The molecule has 0 amide bonds. The van der Waals surface area contributed by atoms with Gasteiger partial charge in [-0.05, 0) is 54.1 Å². The first-order valence-corrected chi connectivity index (χ1v) is 13.6. The Morgan fingerprint density at radius 1 is 0.658 bits per heavy atom. The average molecular weight is 523 g/mol. The molecule has 1 aliphatic heterocycles. The molecule has 0 bridgehead atoms. The van der Waals surface area contributed by atoms with Crippen LogP contribution in [0.15, 0.2) is 103 Å². The van der Waals surface area contributed by atoms with Crippen molar-refractivity contribution in [1.82, 2.24) is 0 Å². The van der Waals surface area contributed by atoms with E-state index in [4.69, 9.17) is 18.9 Å². The van der Waals surface area contributed by atoms with Gasteiger partial charge in [0.25, 0.3) is 0 Å². The molecule has 0 aliphatic carbocycles. The second kappa shape index (κ2) is 11.8. The molecule has 0 N–H and O–H groups in total. The molecule has 1 aliphatic rings. The van der Waals surface area contributed by atoms with Crippen LogP contribution in [0, 0.1) is 5.92 Å². The Balaban J connectivity index is 1.61. The van der Waals surface area contributed by atoms with Gasteiger partial charge in [0.15, 0.2) is 11.5 Å². The number of para-hydroxylation sites is 3. The van der Waals surface area contributed by atoms with Gasteiger partial charge in [-0.25, -0.2) is 0 Å². The van der Waals surface area contributed by atoms with Crippen molar-refractivity contribution >= 4 is 26.6 Å². The maximum Gasteiger partial charge on any atom is 0.317 e. The fourth-order valence-corrected chi connectivity index (χ4v) is 5.72. The van der Waals surface area contributed by atoms with Crippen LogP contribution in [0.1, 0.15) is 19.8 Å². The van der Waals surface area contributed by atoms with E-state index in [1.54, 1.807) is 0 Å². The molecular weight excluding hydrogens is 496 g/mol. The summed E-state index contributed by atoms with van der Waals surface area (Å²) >= 11 is 0. The summed E-state index contributed by atoms with van der Waals surface area (Å²) in [6.07, 6.45) is 1.35. The number of hydrogen-bond acceptors (Lipinski definition) is 6. The maximum atomic E-state index is 12.7. The third-order valence-electron chi connectivity index (χ3n) is 6.04. The number of rotatable bonds is 10. The van der Waals surface area contributed by atoms with Crippen LogP contribution in [-0.2, 0) is 14.3 Å². The lowest BCUT2D eigenvalue weighted by Gasteiger charge is -2.21. The first-order valence-electron chi connectivity index (χ1n) is 12.5. The topological polar surface area (TPSA) is 71.1 Å². The summed E-state index contributed by atoms with van der Waals surface area (Å²) in [7, 11) is -0.0695. The van der Waals surface area contributed by atoms with E-state index in [0.29, 0.717) is 40.9 Å². The molecule has 38 heavy (non-hydrogen) atoms. The molecule has 0 spiro atoms. The second-order valence-electron chi connectivity index (χ2n) is 8.77. The summed E-state index contributed by atoms with van der Waals surface area (Å²) in [6, 6.07) is 31.8. The highest BCUT2D eigenvalue weighted by molar-refractivity contribution is 6.61. The van der Waals surface area contributed by atoms with Crippen molar-refractivity contribution in [2.45, 2.75) is 25.3 Å². The summed E-state index contributed by atoms with van der Waals surface area (Å²) in [5.74, 6) is 1.67. The number of hydrogen-bond donors (Lipinski definition) is 0. The van der Waals surface area contributed by atoms with Crippen LogP contribution < -0.4 is 19.4 Å². The number of carbonyl (C=O) groups is 2. The molecule has 2 atom stereocenters. The zero-order chi connectivity index (χ0) is 26.3. The van der Waals surface area contributed by atoms with Crippen molar-refractivity contribution in [2.75, 3.05) is 0 Å². The third kappa shape index (κ3) is 5.79. The van der Waals surface area contributed by atoms with Gasteiger partial charge in [-0.3, -0.25) is 9.59 Å². The lowest BCUT2D eigenvalue weighted by molar-refractivity contribution is -0.153. The molecule has 1 saturated heterocycles. The molecule has 2 unspecified atom stereocenters. The van der Waals surface area contributed by atoms with Crippen LogP contribution in [0.3, 0.4) is 0 Å². The minimum atomic E-state index is -0.578. The van der Waals surface area contributed by atoms with Crippen molar-refractivity contribution < 1.29 is 28.5 Å². The minimum Gasteiger partial charge on any atom is -0.453 e. The highest BCUT2D eigenvalue weighted by Gasteiger charge is 2.44. The molecule has 6 nitrogen and oxygen atoms in total. The summed E-state index contributed by atoms with van der Waals surface area (Å²) in [4.78, 5) is 25.1. The number of ether oxygens (including phenoxy) is 4. The number of cyclic esters (lactones) is 2. The maximum absolute atomic E-state index is 12.7. The molecule has 0 aromatic heterocycles. The van der Waals surface area contributed by atoms with E-state index >= 15 is 0 Å². The van der Waals surface area contributed by atoms with Crippen molar-refractivity contribution in [3.8, 4) is 34.5 Å². The number of esters is 2. The van der Waals surface area contributed by atoms with E-state index in [0.717, 1.165) is 11.6 Å². The fraction of sp³-hybridized carbons (Fsp3) is 0.161. The zero-order valence-electron chi connectivity index (χ0n) is 20.8. The molecule has 2 radical (unpaired) electrons. The Kier molecular flexibility index (Phi) is 7.85. The molecule has 4 aromatic carbocycles.